The lowest BCUT2D eigenvalue weighted by molar-refractivity contribution is -0.938. The number of hydrogen-bond donors (Lipinski definition) is 1. The van der Waals surface area contributed by atoms with Crippen molar-refractivity contribution in [3.63, 3.8) is 0 Å². The zero-order valence-electron chi connectivity index (χ0n) is 14.2. The minimum atomic E-state index is 0.288. The molecule has 0 amide bonds. The van der Waals surface area contributed by atoms with Crippen LogP contribution in [-0.4, -0.2) is 24.9 Å². The molecule has 0 spiro atoms. The second-order valence-corrected chi connectivity index (χ2v) is 8.16. The van der Waals surface area contributed by atoms with E-state index < -0.39 is 0 Å². The lowest BCUT2D eigenvalue weighted by Crippen LogP contribution is -3.17. The van der Waals surface area contributed by atoms with Crippen LogP contribution >= 0.6 is 0 Å². The first-order chi connectivity index (χ1) is 9.98. The Balaban J connectivity index is 1.80. The van der Waals surface area contributed by atoms with Crippen LogP contribution < -0.4 is 4.90 Å². The van der Waals surface area contributed by atoms with Crippen molar-refractivity contribution in [3.8, 4) is 0 Å². The quantitative estimate of drug-likeness (QED) is 0.824. The number of quaternary nitrogens is 1. The highest BCUT2D eigenvalue weighted by atomic mass is 16.5. The summed E-state index contributed by atoms with van der Waals surface area (Å²) in [4.78, 5) is 1.67. The van der Waals surface area contributed by atoms with Gasteiger partial charge in [0, 0.05) is 12.5 Å². The Labute approximate surface area is 130 Å². The molecule has 1 saturated carbocycles. The van der Waals surface area contributed by atoms with Crippen molar-refractivity contribution in [2.45, 2.75) is 84.6 Å². The van der Waals surface area contributed by atoms with E-state index in [9.17, 15) is 0 Å². The fourth-order valence-electron chi connectivity index (χ4n) is 4.87. The van der Waals surface area contributed by atoms with Crippen LogP contribution in [0.5, 0.6) is 0 Å². The molecular formula is C19H32NO+. The maximum Gasteiger partial charge on any atom is 0.212 e. The van der Waals surface area contributed by atoms with Gasteiger partial charge in [-0.15, -0.1) is 0 Å². The first-order valence-corrected chi connectivity index (χ1v) is 8.87. The Kier molecular flexibility index (Phi) is 4.29. The topological polar surface area (TPSA) is 13.7 Å². The van der Waals surface area contributed by atoms with Crippen molar-refractivity contribution in [1.29, 1.82) is 0 Å². The number of fused-ring (bicyclic) bond motifs is 1. The first-order valence-electron chi connectivity index (χ1n) is 8.87. The smallest absolute Gasteiger partial charge is 0.212 e. The predicted octanol–water partition coefficient (Wildman–Crippen LogP) is 3.25. The zero-order chi connectivity index (χ0) is 15.0. The van der Waals surface area contributed by atoms with E-state index in [1.165, 1.54) is 56.2 Å². The van der Waals surface area contributed by atoms with E-state index in [4.69, 9.17) is 4.74 Å². The van der Waals surface area contributed by atoms with Crippen LogP contribution in [0.2, 0.25) is 0 Å². The van der Waals surface area contributed by atoms with Gasteiger partial charge in [0.1, 0.15) is 12.1 Å². The average molecular weight is 290 g/mol. The molecule has 0 aromatic carbocycles. The lowest BCUT2D eigenvalue weighted by atomic mass is 9.75. The molecule has 21 heavy (non-hydrogen) atoms. The number of ether oxygens (including phenoxy) is 1. The lowest BCUT2D eigenvalue weighted by Gasteiger charge is -2.31. The van der Waals surface area contributed by atoms with Gasteiger partial charge in [-0.05, 0) is 50.5 Å². The third kappa shape index (κ3) is 3.27. The van der Waals surface area contributed by atoms with Crippen LogP contribution in [0.1, 0.15) is 66.2 Å². The number of nitrogens with one attached hydrogen (secondary N) is 1. The second kappa shape index (κ2) is 5.89. The third-order valence-electron chi connectivity index (χ3n) is 5.51. The van der Waals surface area contributed by atoms with Gasteiger partial charge < -0.3 is 9.64 Å². The van der Waals surface area contributed by atoms with Gasteiger partial charge in [-0.25, -0.2) is 0 Å². The van der Waals surface area contributed by atoms with E-state index in [1.54, 1.807) is 4.90 Å². The SMILES string of the molecule is CC[NH+]1C(/C=C2\C=C(C)CC(C)(C)C2)OC2CCCCC21. The summed E-state index contributed by atoms with van der Waals surface area (Å²) in [6.07, 6.45) is 13.4. The Hall–Kier alpha value is -0.600. The largest absolute Gasteiger partial charge is 0.316 e. The summed E-state index contributed by atoms with van der Waals surface area (Å²) in [5.74, 6) is 0. The summed E-state index contributed by atoms with van der Waals surface area (Å²) < 4.78 is 6.43. The van der Waals surface area contributed by atoms with Gasteiger partial charge in [-0.3, -0.25) is 0 Å². The van der Waals surface area contributed by atoms with E-state index in [0.717, 1.165) is 6.04 Å². The summed E-state index contributed by atoms with van der Waals surface area (Å²) in [5, 5.41) is 0. The van der Waals surface area contributed by atoms with Crippen LogP contribution in [0.15, 0.2) is 23.3 Å². The minimum Gasteiger partial charge on any atom is -0.316 e. The second-order valence-electron chi connectivity index (χ2n) is 8.16. The molecule has 4 atom stereocenters. The zero-order valence-corrected chi connectivity index (χ0v) is 14.2. The van der Waals surface area contributed by atoms with E-state index in [-0.39, 0.29) is 6.23 Å². The van der Waals surface area contributed by atoms with Crippen LogP contribution in [-0.2, 0) is 4.74 Å². The van der Waals surface area contributed by atoms with Gasteiger partial charge in [0.25, 0.3) is 0 Å². The van der Waals surface area contributed by atoms with Gasteiger partial charge in [0.05, 0.1) is 6.54 Å². The molecule has 2 nitrogen and oxygen atoms in total. The molecule has 0 bridgehead atoms. The van der Waals surface area contributed by atoms with Gasteiger partial charge in [0.2, 0.25) is 6.23 Å². The number of likely N-dealkylation sites (N-methyl/N-ethyl adjacent to an activating group) is 1. The fraction of sp³-hybridized carbons (Fsp3) is 0.789. The summed E-state index contributed by atoms with van der Waals surface area (Å²) in [6.45, 7) is 10.5. The molecule has 1 heterocycles. The molecule has 1 aliphatic heterocycles. The van der Waals surface area contributed by atoms with E-state index in [0.29, 0.717) is 11.5 Å². The first kappa shape index (κ1) is 15.3. The molecular weight excluding hydrogens is 258 g/mol. The predicted molar refractivity (Wildman–Crippen MR) is 87.3 cm³/mol. The van der Waals surface area contributed by atoms with E-state index in [1.807, 2.05) is 0 Å². The minimum absolute atomic E-state index is 0.288. The Morgan fingerprint density at radius 1 is 1.29 bits per heavy atom. The molecule has 3 rings (SSSR count). The Morgan fingerprint density at radius 2 is 2.05 bits per heavy atom. The van der Waals surface area contributed by atoms with Crippen molar-refractivity contribution < 1.29 is 9.64 Å². The monoisotopic (exact) mass is 290 g/mol. The normalized spacial score (nSPS) is 41.0. The Bertz CT molecular complexity index is 448. The molecule has 1 N–H and O–H groups in total. The summed E-state index contributed by atoms with van der Waals surface area (Å²) >= 11 is 0. The van der Waals surface area contributed by atoms with E-state index >= 15 is 0 Å². The molecule has 3 aliphatic rings. The maximum absolute atomic E-state index is 6.43. The summed E-state index contributed by atoms with van der Waals surface area (Å²) in [5.41, 5.74) is 3.42. The molecule has 2 fully saturated rings. The highest BCUT2D eigenvalue weighted by Gasteiger charge is 2.45. The molecule has 4 unspecified atom stereocenters. The molecule has 0 radical (unpaired) electrons. The van der Waals surface area contributed by atoms with E-state index in [2.05, 4.69) is 39.8 Å². The third-order valence-corrected chi connectivity index (χ3v) is 5.51. The van der Waals surface area contributed by atoms with Crippen molar-refractivity contribution in [2.24, 2.45) is 5.41 Å². The maximum atomic E-state index is 6.43. The molecule has 0 aromatic rings. The number of allylic oxidation sites excluding steroid dienone is 3. The highest BCUT2D eigenvalue weighted by molar-refractivity contribution is 5.29. The van der Waals surface area contributed by atoms with Crippen LogP contribution in [0.25, 0.3) is 0 Å². The van der Waals surface area contributed by atoms with Gasteiger partial charge >= 0.3 is 0 Å². The average Bonchev–Trinajstić information content (AvgIpc) is 2.73. The Morgan fingerprint density at radius 3 is 2.76 bits per heavy atom. The van der Waals surface area contributed by atoms with Gasteiger partial charge in [0.15, 0.2) is 0 Å². The van der Waals surface area contributed by atoms with Crippen molar-refractivity contribution in [2.75, 3.05) is 6.54 Å². The van der Waals surface area contributed by atoms with Crippen molar-refractivity contribution in [1.82, 2.24) is 0 Å². The number of hydrogen-bond acceptors (Lipinski definition) is 1. The van der Waals surface area contributed by atoms with Crippen LogP contribution in [0, 0.1) is 5.41 Å². The van der Waals surface area contributed by atoms with Crippen molar-refractivity contribution in [3.05, 3.63) is 23.3 Å². The van der Waals surface area contributed by atoms with Gasteiger partial charge in [-0.2, -0.15) is 0 Å². The number of rotatable bonds is 2. The van der Waals surface area contributed by atoms with Crippen LogP contribution in [0.3, 0.4) is 0 Å². The molecule has 2 heteroatoms. The molecule has 118 valence electrons. The highest BCUT2D eigenvalue weighted by Crippen LogP contribution is 2.38. The fourth-order valence-corrected chi connectivity index (χ4v) is 4.87. The molecule has 2 aliphatic carbocycles. The van der Waals surface area contributed by atoms with Crippen molar-refractivity contribution >= 4 is 0 Å². The standard InChI is InChI=1S/C19H31NO/c1-5-20-16-8-6-7-9-17(16)21-18(20)11-15-10-14(2)12-19(3,4)13-15/h10-11,16-18H,5-9,12-13H2,1-4H3/p+1/b15-11+. The summed E-state index contributed by atoms with van der Waals surface area (Å²) in [7, 11) is 0. The van der Waals surface area contributed by atoms with Gasteiger partial charge in [-0.1, -0.05) is 31.9 Å². The molecule has 1 saturated heterocycles. The molecule has 0 aromatic heterocycles. The van der Waals surface area contributed by atoms with Crippen LogP contribution in [0.4, 0.5) is 0 Å². The summed E-state index contributed by atoms with van der Waals surface area (Å²) in [6, 6.07) is 0.743.